The van der Waals surface area contributed by atoms with Gasteiger partial charge in [0.25, 0.3) is 0 Å². The molecule has 0 spiro atoms. The SMILES string of the molecule is COc1ccc(C#N)c([S@@](=O)Cc2ccccc2)c1. The molecule has 4 heteroatoms. The molecule has 0 fully saturated rings. The number of hydrogen-bond donors (Lipinski definition) is 0. The van der Waals surface area contributed by atoms with E-state index in [2.05, 4.69) is 6.07 Å². The topological polar surface area (TPSA) is 50.1 Å². The summed E-state index contributed by atoms with van der Waals surface area (Å²) in [6, 6.07) is 16.6. The first-order valence-electron chi connectivity index (χ1n) is 5.75. The maximum Gasteiger partial charge on any atom is 0.120 e. The monoisotopic (exact) mass is 271 g/mol. The summed E-state index contributed by atoms with van der Waals surface area (Å²) < 4.78 is 17.5. The summed E-state index contributed by atoms with van der Waals surface area (Å²) in [5.41, 5.74) is 1.41. The summed E-state index contributed by atoms with van der Waals surface area (Å²) >= 11 is 0. The second-order valence-electron chi connectivity index (χ2n) is 3.95. The highest BCUT2D eigenvalue weighted by Crippen LogP contribution is 2.22. The van der Waals surface area contributed by atoms with E-state index < -0.39 is 10.8 Å². The summed E-state index contributed by atoms with van der Waals surface area (Å²) in [4.78, 5) is 0.519. The number of hydrogen-bond acceptors (Lipinski definition) is 3. The smallest absolute Gasteiger partial charge is 0.120 e. The summed E-state index contributed by atoms with van der Waals surface area (Å²) in [6.07, 6.45) is 0. The van der Waals surface area contributed by atoms with Crippen molar-refractivity contribution in [2.24, 2.45) is 0 Å². The minimum Gasteiger partial charge on any atom is -0.497 e. The standard InChI is InChI=1S/C15H13NO2S/c1-18-14-8-7-13(10-16)15(9-14)19(17)11-12-5-3-2-4-6-12/h2-9H,11H2,1H3/t19-/m0/s1. The molecule has 0 amide bonds. The van der Waals surface area contributed by atoms with E-state index in [0.717, 1.165) is 5.56 Å². The highest BCUT2D eigenvalue weighted by atomic mass is 32.2. The van der Waals surface area contributed by atoms with Crippen LogP contribution < -0.4 is 4.74 Å². The van der Waals surface area contributed by atoms with Crippen molar-refractivity contribution >= 4 is 10.8 Å². The molecule has 0 aliphatic heterocycles. The molecule has 0 aliphatic carbocycles. The third-order valence-corrected chi connectivity index (χ3v) is 4.12. The van der Waals surface area contributed by atoms with Crippen molar-refractivity contribution in [1.82, 2.24) is 0 Å². The molecule has 2 rings (SSSR count). The zero-order valence-electron chi connectivity index (χ0n) is 10.5. The van der Waals surface area contributed by atoms with Crippen LogP contribution >= 0.6 is 0 Å². The highest BCUT2D eigenvalue weighted by molar-refractivity contribution is 7.84. The molecule has 2 aromatic carbocycles. The first-order chi connectivity index (χ1) is 9.24. The van der Waals surface area contributed by atoms with Crippen LogP contribution in [0.5, 0.6) is 5.75 Å². The Morgan fingerprint density at radius 3 is 2.58 bits per heavy atom. The van der Waals surface area contributed by atoms with Crippen molar-refractivity contribution in [3.8, 4) is 11.8 Å². The molecular formula is C15H13NO2S. The number of methoxy groups -OCH3 is 1. The first-order valence-corrected chi connectivity index (χ1v) is 7.07. The average Bonchev–Trinajstić information content (AvgIpc) is 2.47. The lowest BCUT2D eigenvalue weighted by Crippen LogP contribution is -2.00. The van der Waals surface area contributed by atoms with Crippen molar-refractivity contribution in [2.75, 3.05) is 7.11 Å². The Morgan fingerprint density at radius 1 is 1.21 bits per heavy atom. The van der Waals surface area contributed by atoms with Gasteiger partial charge in [-0.2, -0.15) is 5.26 Å². The van der Waals surface area contributed by atoms with Crippen LogP contribution in [0, 0.1) is 11.3 Å². The number of nitrogens with zero attached hydrogens (tertiary/aromatic N) is 1. The van der Waals surface area contributed by atoms with Crippen molar-refractivity contribution in [3.63, 3.8) is 0 Å². The van der Waals surface area contributed by atoms with Crippen LogP contribution in [-0.2, 0) is 16.6 Å². The quantitative estimate of drug-likeness (QED) is 0.859. The van der Waals surface area contributed by atoms with Gasteiger partial charge in [0.15, 0.2) is 0 Å². The fourth-order valence-corrected chi connectivity index (χ4v) is 2.97. The Hall–Kier alpha value is -2.12. The molecule has 0 N–H and O–H groups in total. The Morgan fingerprint density at radius 2 is 1.95 bits per heavy atom. The van der Waals surface area contributed by atoms with Crippen molar-refractivity contribution in [2.45, 2.75) is 10.6 Å². The van der Waals surface area contributed by atoms with Gasteiger partial charge in [0.1, 0.15) is 11.8 Å². The Kier molecular flexibility index (Phi) is 4.32. The van der Waals surface area contributed by atoms with E-state index in [1.807, 2.05) is 30.3 Å². The number of ether oxygens (including phenoxy) is 1. The highest BCUT2D eigenvalue weighted by Gasteiger charge is 2.12. The molecule has 0 unspecified atom stereocenters. The summed E-state index contributed by atoms with van der Waals surface area (Å²) in [5, 5.41) is 9.07. The van der Waals surface area contributed by atoms with Gasteiger partial charge in [-0.3, -0.25) is 4.21 Å². The van der Waals surface area contributed by atoms with Crippen molar-refractivity contribution < 1.29 is 8.95 Å². The predicted octanol–water partition coefficient (Wildman–Crippen LogP) is 2.87. The molecular weight excluding hydrogens is 258 g/mol. The summed E-state index contributed by atoms with van der Waals surface area (Å²) in [6.45, 7) is 0. The van der Waals surface area contributed by atoms with Gasteiger partial charge >= 0.3 is 0 Å². The fraction of sp³-hybridized carbons (Fsp3) is 0.133. The van der Waals surface area contributed by atoms with Crippen LogP contribution in [0.3, 0.4) is 0 Å². The molecule has 3 nitrogen and oxygen atoms in total. The molecule has 0 aromatic heterocycles. The van der Waals surface area contributed by atoms with Crippen molar-refractivity contribution in [3.05, 3.63) is 59.7 Å². The van der Waals surface area contributed by atoms with Gasteiger partial charge in [-0.05, 0) is 23.8 Å². The third-order valence-electron chi connectivity index (χ3n) is 2.70. The molecule has 0 radical (unpaired) electrons. The van der Waals surface area contributed by atoms with Crippen LogP contribution in [0.1, 0.15) is 11.1 Å². The molecule has 0 heterocycles. The van der Waals surface area contributed by atoms with E-state index in [1.165, 1.54) is 0 Å². The molecule has 2 aromatic rings. The van der Waals surface area contributed by atoms with Crippen LogP contribution in [0.15, 0.2) is 53.4 Å². The van der Waals surface area contributed by atoms with Gasteiger partial charge in [-0.15, -0.1) is 0 Å². The zero-order chi connectivity index (χ0) is 13.7. The van der Waals surface area contributed by atoms with Gasteiger partial charge in [0.2, 0.25) is 0 Å². The molecule has 0 saturated carbocycles. The molecule has 0 saturated heterocycles. The summed E-state index contributed by atoms with van der Waals surface area (Å²) in [7, 11) is 0.287. The Bertz CT molecular complexity index is 632. The van der Waals surface area contributed by atoms with E-state index in [0.29, 0.717) is 22.0 Å². The van der Waals surface area contributed by atoms with E-state index in [-0.39, 0.29) is 0 Å². The third kappa shape index (κ3) is 3.21. The second kappa shape index (κ2) is 6.17. The first kappa shape index (κ1) is 13.3. The van der Waals surface area contributed by atoms with Gasteiger partial charge in [0, 0.05) is 0 Å². The molecule has 96 valence electrons. The number of benzene rings is 2. The normalized spacial score (nSPS) is 11.6. The van der Waals surface area contributed by atoms with Gasteiger partial charge in [-0.25, -0.2) is 0 Å². The zero-order valence-corrected chi connectivity index (χ0v) is 11.3. The van der Waals surface area contributed by atoms with Crippen molar-refractivity contribution in [1.29, 1.82) is 5.26 Å². The van der Waals surface area contributed by atoms with Gasteiger partial charge in [0.05, 0.1) is 34.1 Å². The number of rotatable bonds is 4. The van der Waals surface area contributed by atoms with Crippen LogP contribution in [0.2, 0.25) is 0 Å². The maximum atomic E-state index is 12.4. The summed E-state index contributed by atoms with van der Waals surface area (Å²) in [5.74, 6) is 0.998. The fourth-order valence-electron chi connectivity index (χ4n) is 1.71. The minimum absolute atomic E-state index is 0.392. The lowest BCUT2D eigenvalue weighted by Gasteiger charge is -2.07. The number of nitriles is 1. The van der Waals surface area contributed by atoms with Crippen LogP contribution in [-0.4, -0.2) is 11.3 Å². The van der Waals surface area contributed by atoms with E-state index in [9.17, 15) is 4.21 Å². The Balaban J connectivity index is 2.30. The largest absolute Gasteiger partial charge is 0.497 e. The molecule has 19 heavy (non-hydrogen) atoms. The minimum atomic E-state index is -1.26. The average molecular weight is 271 g/mol. The van der Waals surface area contributed by atoms with E-state index in [4.69, 9.17) is 10.00 Å². The van der Waals surface area contributed by atoms with E-state index in [1.54, 1.807) is 25.3 Å². The van der Waals surface area contributed by atoms with Gasteiger partial charge in [-0.1, -0.05) is 30.3 Å². The molecule has 0 aliphatic rings. The second-order valence-corrected chi connectivity index (χ2v) is 5.37. The Labute approximate surface area is 114 Å². The lowest BCUT2D eigenvalue weighted by atomic mass is 10.2. The molecule has 1 atom stereocenters. The molecule has 0 bridgehead atoms. The van der Waals surface area contributed by atoms with Crippen LogP contribution in [0.4, 0.5) is 0 Å². The predicted molar refractivity (Wildman–Crippen MR) is 74.3 cm³/mol. The van der Waals surface area contributed by atoms with Crippen LogP contribution in [0.25, 0.3) is 0 Å². The van der Waals surface area contributed by atoms with E-state index >= 15 is 0 Å². The maximum absolute atomic E-state index is 12.4. The lowest BCUT2D eigenvalue weighted by molar-refractivity contribution is 0.413. The van der Waals surface area contributed by atoms with Gasteiger partial charge < -0.3 is 4.74 Å².